The van der Waals surface area contributed by atoms with Gasteiger partial charge in [0.15, 0.2) is 0 Å². The van der Waals surface area contributed by atoms with Gasteiger partial charge in [-0.2, -0.15) is 13.2 Å². The molecule has 1 atom stereocenters. The van der Waals surface area contributed by atoms with Gasteiger partial charge in [-0.05, 0) is 0 Å². The first kappa shape index (κ1) is 13.8. The lowest BCUT2D eigenvalue weighted by atomic mass is 10.2. The number of hydrogen-bond acceptors (Lipinski definition) is 1. The monoisotopic (exact) mass is 244 g/mol. The van der Waals surface area contributed by atoms with E-state index in [2.05, 4.69) is 4.74 Å². The van der Waals surface area contributed by atoms with Crippen LogP contribution < -0.4 is 0 Å². The van der Waals surface area contributed by atoms with Crippen LogP contribution in [0.3, 0.4) is 0 Å². The minimum Gasteiger partial charge on any atom is -0.374 e. The van der Waals surface area contributed by atoms with Gasteiger partial charge < -0.3 is 4.74 Å². The van der Waals surface area contributed by atoms with Gasteiger partial charge in [0.2, 0.25) is 0 Å². The van der Waals surface area contributed by atoms with E-state index < -0.39 is 24.9 Å². The molecule has 0 aliphatic rings. The second-order valence-corrected chi connectivity index (χ2v) is 2.78. The van der Waals surface area contributed by atoms with Gasteiger partial charge >= 0.3 is 12.1 Å². The molecular weight excluding hydrogens is 238 g/mol. The van der Waals surface area contributed by atoms with E-state index in [9.17, 15) is 26.3 Å². The van der Waals surface area contributed by atoms with Crippen molar-refractivity contribution in [2.24, 2.45) is 0 Å². The van der Waals surface area contributed by atoms with Crippen molar-refractivity contribution in [1.29, 1.82) is 0 Å². The van der Waals surface area contributed by atoms with Crippen molar-refractivity contribution in [3.05, 3.63) is 0 Å². The molecule has 0 aliphatic heterocycles. The van der Waals surface area contributed by atoms with Crippen LogP contribution in [-0.2, 0) is 4.74 Å². The van der Waals surface area contributed by atoms with Crippen molar-refractivity contribution in [2.45, 2.75) is 18.3 Å². The molecule has 0 fully saturated rings. The maximum atomic E-state index is 12.4. The number of rotatable bonds is 5. The van der Waals surface area contributed by atoms with Gasteiger partial charge in [-0.3, -0.25) is 0 Å². The minimum absolute atomic E-state index is 0.154. The molecule has 0 aliphatic carbocycles. The molecule has 1 nitrogen and oxygen atoms in total. The SMILES string of the molecule is FC(C(F)(F)F)C(F)(F)COCCCl. The molecule has 0 aromatic rings. The second kappa shape index (κ2) is 5.06. The van der Waals surface area contributed by atoms with Crippen LogP contribution in [0.25, 0.3) is 0 Å². The molecule has 86 valence electrons. The van der Waals surface area contributed by atoms with Crippen molar-refractivity contribution < 1.29 is 31.1 Å². The highest BCUT2D eigenvalue weighted by atomic mass is 35.5. The van der Waals surface area contributed by atoms with Gasteiger partial charge in [-0.25, -0.2) is 13.2 Å². The molecule has 0 amide bonds. The predicted molar refractivity (Wildman–Crippen MR) is 37.4 cm³/mol. The molecule has 1 unspecified atom stereocenters. The average Bonchev–Trinajstić information content (AvgIpc) is 2.01. The molecule has 0 spiro atoms. The van der Waals surface area contributed by atoms with Crippen LogP contribution in [0, 0.1) is 0 Å². The third-order valence-electron chi connectivity index (χ3n) is 1.17. The Labute approximate surface area is 81.0 Å². The van der Waals surface area contributed by atoms with Gasteiger partial charge in [-0.15, -0.1) is 11.6 Å². The summed E-state index contributed by atoms with van der Waals surface area (Å²) in [5, 5.41) is 0. The molecule has 0 heterocycles. The fourth-order valence-electron chi connectivity index (χ4n) is 0.575. The Hall–Kier alpha value is -0.170. The van der Waals surface area contributed by atoms with E-state index in [0.29, 0.717) is 0 Å². The van der Waals surface area contributed by atoms with E-state index in [1.807, 2.05) is 0 Å². The molecule has 0 N–H and O–H groups in total. The molecule has 0 bridgehead atoms. The van der Waals surface area contributed by atoms with E-state index in [0.717, 1.165) is 0 Å². The Morgan fingerprint density at radius 3 is 2.00 bits per heavy atom. The first-order valence-corrected chi connectivity index (χ1v) is 3.97. The fourth-order valence-corrected chi connectivity index (χ4v) is 0.685. The van der Waals surface area contributed by atoms with Gasteiger partial charge in [0, 0.05) is 5.88 Å². The molecule has 14 heavy (non-hydrogen) atoms. The van der Waals surface area contributed by atoms with E-state index >= 15 is 0 Å². The summed E-state index contributed by atoms with van der Waals surface area (Å²) in [6.07, 6.45) is -9.81. The Balaban J connectivity index is 4.16. The van der Waals surface area contributed by atoms with Gasteiger partial charge in [0.1, 0.15) is 6.61 Å². The van der Waals surface area contributed by atoms with Crippen LogP contribution in [-0.4, -0.2) is 37.4 Å². The topological polar surface area (TPSA) is 9.23 Å². The van der Waals surface area contributed by atoms with E-state index in [1.165, 1.54) is 0 Å². The molecule has 0 saturated heterocycles. The van der Waals surface area contributed by atoms with E-state index in [1.54, 1.807) is 0 Å². The Morgan fingerprint density at radius 1 is 1.14 bits per heavy atom. The summed E-state index contributed by atoms with van der Waals surface area (Å²) in [4.78, 5) is 0. The van der Waals surface area contributed by atoms with Crippen LogP contribution >= 0.6 is 11.6 Å². The fraction of sp³-hybridized carbons (Fsp3) is 1.00. The van der Waals surface area contributed by atoms with Gasteiger partial charge in [-0.1, -0.05) is 0 Å². The van der Waals surface area contributed by atoms with Gasteiger partial charge in [0.05, 0.1) is 6.61 Å². The molecule has 0 saturated carbocycles. The van der Waals surface area contributed by atoms with Crippen molar-refractivity contribution in [1.82, 2.24) is 0 Å². The third-order valence-corrected chi connectivity index (χ3v) is 1.33. The highest BCUT2D eigenvalue weighted by molar-refractivity contribution is 6.17. The maximum Gasteiger partial charge on any atom is 0.425 e. The summed E-state index contributed by atoms with van der Waals surface area (Å²) in [6.45, 7) is -2.00. The summed E-state index contributed by atoms with van der Waals surface area (Å²) >= 11 is 5.01. The number of ether oxygens (including phenoxy) is 1. The summed E-state index contributed by atoms with van der Waals surface area (Å²) < 4.78 is 75.5. The summed E-state index contributed by atoms with van der Waals surface area (Å²) in [5.41, 5.74) is 0. The summed E-state index contributed by atoms with van der Waals surface area (Å²) in [5.74, 6) is -4.73. The van der Waals surface area contributed by atoms with Crippen LogP contribution in [0.4, 0.5) is 26.3 Å². The van der Waals surface area contributed by atoms with Crippen LogP contribution in [0.1, 0.15) is 0 Å². The number of hydrogen-bond donors (Lipinski definition) is 0. The van der Waals surface area contributed by atoms with Crippen LogP contribution in [0.5, 0.6) is 0 Å². The zero-order chi connectivity index (χ0) is 11.4. The normalized spacial score (nSPS) is 15.6. The Morgan fingerprint density at radius 2 is 1.64 bits per heavy atom. The molecule has 0 radical (unpaired) electrons. The van der Waals surface area contributed by atoms with E-state index in [-0.39, 0.29) is 12.5 Å². The Bertz CT molecular complexity index is 170. The smallest absolute Gasteiger partial charge is 0.374 e. The number of alkyl halides is 7. The maximum absolute atomic E-state index is 12.4. The quantitative estimate of drug-likeness (QED) is 0.410. The lowest BCUT2D eigenvalue weighted by Gasteiger charge is -2.22. The summed E-state index contributed by atoms with van der Waals surface area (Å²) in [6, 6.07) is 0. The summed E-state index contributed by atoms with van der Waals surface area (Å²) in [7, 11) is 0. The highest BCUT2D eigenvalue weighted by Crippen LogP contribution is 2.34. The zero-order valence-electron chi connectivity index (χ0n) is 6.75. The van der Waals surface area contributed by atoms with Crippen molar-refractivity contribution >= 4 is 11.6 Å². The van der Waals surface area contributed by atoms with Gasteiger partial charge in [0.25, 0.3) is 6.17 Å². The van der Waals surface area contributed by atoms with Crippen molar-refractivity contribution in [2.75, 3.05) is 19.1 Å². The number of halogens is 7. The highest BCUT2D eigenvalue weighted by Gasteiger charge is 2.56. The molecule has 8 heteroatoms. The predicted octanol–water partition coefficient (Wildman–Crippen LogP) is 2.78. The van der Waals surface area contributed by atoms with Crippen LogP contribution in [0.2, 0.25) is 0 Å². The minimum atomic E-state index is -5.59. The largest absolute Gasteiger partial charge is 0.425 e. The first-order chi connectivity index (χ1) is 6.22. The molecule has 0 aromatic heterocycles. The third kappa shape index (κ3) is 4.36. The second-order valence-electron chi connectivity index (χ2n) is 2.41. The van der Waals surface area contributed by atoms with Crippen molar-refractivity contribution in [3.63, 3.8) is 0 Å². The molecule has 0 rings (SSSR count). The Kier molecular flexibility index (Phi) is 5.00. The lowest BCUT2D eigenvalue weighted by molar-refractivity contribution is -0.254. The lowest BCUT2D eigenvalue weighted by Crippen LogP contribution is -2.44. The molecular formula is C6H7ClF6O. The van der Waals surface area contributed by atoms with Crippen LogP contribution in [0.15, 0.2) is 0 Å². The molecule has 0 aromatic carbocycles. The zero-order valence-corrected chi connectivity index (χ0v) is 7.51. The average molecular weight is 245 g/mol. The first-order valence-electron chi connectivity index (χ1n) is 3.44. The standard InChI is InChI=1S/C6H7ClF6O/c7-1-2-14-3-5(9,10)4(8)6(11,12)13/h4H,1-3H2. The van der Waals surface area contributed by atoms with E-state index in [4.69, 9.17) is 11.6 Å². The van der Waals surface area contributed by atoms with Crippen molar-refractivity contribution in [3.8, 4) is 0 Å².